The van der Waals surface area contributed by atoms with Crippen LogP contribution in [-0.4, -0.2) is 41.3 Å². The van der Waals surface area contributed by atoms with Gasteiger partial charge in [-0.25, -0.2) is 9.67 Å². The highest BCUT2D eigenvalue weighted by atomic mass is 35.5. The number of carbonyl (C=O) groups excluding carboxylic acids is 1. The minimum atomic E-state index is -0.512. The molecule has 1 amide bonds. The number of H-pyrrole nitrogens is 1. The Morgan fingerprint density at radius 1 is 1.40 bits per heavy atom. The number of para-hydroxylation sites is 1. The highest BCUT2D eigenvalue weighted by Crippen LogP contribution is 2.27. The average Bonchev–Trinajstić information content (AvgIpc) is 3.12. The fourth-order valence-corrected chi connectivity index (χ4v) is 1.87. The molecule has 0 aliphatic carbocycles. The van der Waals surface area contributed by atoms with Gasteiger partial charge in [0, 0.05) is 0 Å². The minimum absolute atomic E-state index is 0.0745. The smallest absolute Gasteiger partial charge is 0.297 e. The first kappa shape index (κ1) is 12.2. The van der Waals surface area contributed by atoms with Crippen LogP contribution in [-0.2, 0) is 0 Å². The van der Waals surface area contributed by atoms with E-state index in [4.69, 9.17) is 11.6 Å². The third-order valence-corrected chi connectivity index (χ3v) is 2.74. The van der Waals surface area contributed by atoms with E-state index in [1.807, 2.05) is 0 Å². The molecular formula is C10H7ClN8O. The number of halogens is 1. The highest BCUT2D eigenvalue weighted by Gasteiger charge is 2.16. The van der Waals surface area contributed by atoms with E-state index in [9.17, 15) is 4.79 Å². The van der Waals surface area contributed by atoms with Crippen LogP contribution in [0, 0.1) is 0 Å². The van der Waals surface area contributed by atoms with Gasteiger partial charge in [0.25, 0.3) is 11.7 Å². The van der Waals surface area contributed by atoms with Crippen molar-refractivity contribution in [3.05, 3.63) is 41.7 Å². The molecule has 2 aromatic heterocycles. The number of carbonyl (C=O) groups is 1. The summed E-state index contributed by atoms with van der Waals surface area (Å²) in [6.45, 7) is 0. The lowest BCUT2D eigenvalue weighted by atomic mass is 10.2. The maximum absolute atomic E-state index is 11.9. The van der Waals surface area contributed by atoms with Crippen LogP contribution in [0.25, 0.3) is 5.69 Å². The Morgan fingerprint density at radius 3 is 3.00 bits per heavy atom. The second kappa shape index (κ2) is 5.05. The Bertz CT molecular complexity index is 724. The van der Waals surface area contributed by atoms with E-state index in [2.05, 4.69) is 36.0 Å². The molecule has 3 aromatic rings. The molecule has 0 saturated carbocycles. The molecule has 0 unspecified atom stereocenters. The quantitative estimate of drug-likeness (QED) is 0.733. The molecule has 0 aliphatic rings. The lowest BCUT2D eigenvalue weighted by Gasteiger charge is -2.11. The normalized spacial score (nSPS) is 10.4. The van der Waals surface area contributed by atoms with Gasteiger partial charge in [0.05, 0.1) is 10.7 Å². The molecule has 2 N–H and O–H groups in total. The number of aromatic amines is 1. The largest absolute Gasteiger partial charge is 0.317 e. The zero-order valence-electron chi connectivity index (χ0n) is 9.86. The zero-order chi connectivity index (χ0) is 13.9. The van der Waals surface area contributed by atoms with Crippen molar-refractivity contribution in [2.45, 2.75) is 0 Å². The molecule has 1 aromatic carbocycles. The average molecular weight is 291 g/mol. The van der Waals surface area contributed by atoms with Crippen LogP contribution in [0.2, 0.25) is 5.02 Å². The van der Waals surface area contributed by atoms with Gasteiger partial charge in [-0.3, -0.25) is 4.79 Å². The Kier molecular flexibility index (Phi) is 3.09. The van der Waals surface area contributed by atoms with Gasteiger partial charge in [-0.15, -0.1) is 10.2 Å². The molecule has 20 heavy (non-hydrogen) atoms. The predicted octanol–water partition coefficient (Wildman–Crippen LogP) is 0.686. The van der Waals surface area contributed by atoms with Crippen LogP contribution >= 0.6 is 11.6 Å². The molecule has 0 aliphatic heterocycles. The van der Waals surface area contributed by atoms with Gasteiger partial charge in [-0.05, 0) is 17.3 Å². The van der Waals surface area contributed by atoms with Gasteiger partial charge >= 0.3 is 0 Å². The first-order chi connectivity index (χ1) is 9.75. The van der Waals surface area contributed by atoms with Crippen molar-refractivity contribution < 1.29 is 4.79 Å². The summed E-state index contributed by atoms with van der Waals surface area (Å²) in [5.41, 5.74) is 0.960. The monoisotopic (exact) mass is 290 g/mol. The van der Waals surface area contributed by atoms with E-state index in [0.29, 0.717) is 16.4 Å². The third-order valence-electron chi connectivity index (χ3n) is 2.43. The maximum atomic E-state index is 11.9. The van der Waals surface area contributed by atoms with Gasteiger partial charge in [0.2, 0.25) is 0 Å². The SMILES string of the molecule is O=C(Nc1cccc(Cl)c1-n1cncn1)c1nn[nH]n1. The van der Waals surface area contributed by atoms with E-state index in [1.165, 1.54) is 17.3 Å². The number of benzene rings is 1. The van der Waals surface area contributed by atoms with Crippen molar-refractivity contribution in [3.8, 4) is 5.69 Å². The number of hydrogen-bond acceptors (Lipinski definition) is 6. The van der Waals surface area contributed by atoms with E-state index >= 15 is 0 Å². The van der Waals surface area contributed by atoms with Gasteiger partial charge in [0.15, 0.2) is 0 Å². The molecule has 10 heteroatoms. The Hall–Kier alpha value is -2.81. The van der Waals surface area contributed by atoms with Crippen molar-refractivity contribution in [2.75, 3.05) is 5.32 Å². The predicted molar refractivity (Wildman–Crippen MR) is 68.5 cm³/mol. The van der Waals surface area contributed by atoms with Crippen LogP contribution < -0.4 is 5.32 Å². The molecule has 0 bridgehead atoms. The molecule has 0 saturated heterocycles. The Labute approximate surface area is 117 Å². The second-order valence-corrected chi connectivity index (χ2v) is 4.07. The standard InChI is InChI=1S/C10H7ClN8O/c11-6-2-1-3-7(8(6)19-5-12-4-13-19)14-10(20)9-15-17-18-16-9/h1-5H,(H,14,20)(H,15,16,17,18). The van der Waals surface area contributed by atoms with E-state index in [0.717, 1.165) is 0 Å². The highest BCUT2D eigenvalue weighted by molar-refractivity contribution is 6.33. The number of rotatable bonds is 3. The number of anilines is 1. The molecule has 0 fully saturated rings. The lowest BCUT2D eigenvalue weighted by molar-refractivity contribution is 0.101. The fourth-order valence-electron chi connectivity index (χ4n) is 1.61. The van der Waals surface area contributed by atoms with Gasteiger partial charge in [-0.1, -0.05) is 17.7 Å². The molecule has 3 rings (SSSR count). The second-order valence-electron chi connectivity index (χ2n) is 3.67. The number of amides is 1. The summed E-state index contributed by atoms with van der Waals surface area (Å²) < 4.78 is 1.45. The van der Waals surface area contributed by atoms with Gasteiger partial charge < -0.3 is 5.32 Å². The van der Waals surface area contributed by atoms with Crippen LogP contribution in [0.3, 0.4) is 0 Å². The summed E-state index contributed by atoms with van der Waals surface area (Å²) in [4.78, 5) is 15.8. The third kappa shape index (κ3) is 2.21. The first-order valence-electron chi connectivity index (χ1n) is 5.44. The van der Waals surface area contributed by atoms with Crippen LogP contribution in [0.15, 0.2) is 30.9 Å². The molecule has 2 heterocycles. The van der Waals surface area contributed by atoms with Gasteiger partial charge in [0.1, 0.15) is 18.3 Å². The lowest BCUT2D eigenvalue weighted by Crippen LogP contribution is -2.16. The fraction of sp³-hybridized carbons (Fsp3) is 0. The van der Waals surface area contributed by atoms with E-state index in [-0.39, 0.29) is 5.82 Å². The number of tetrazole rings is 1. The molecule has 0 atom stereocenters. The minimum Gasteiger partial charge on any atom is -0.317 e. The summed E-state index contributed by atoms with van der Waals surface area (Å²) in [7, 11) is 0. The van der Waals surface area contributed by atoms with Crippen molar-refractivity contribution in [1.29, 1.82) is 0 Å². The van der Waals surface area contributed by atoms with Crippen LogP contribution in [0.1, 0.15) is 10.6 Å². The molecule has 0 radical (unpaired) electrons. The topological polar surface area (TPSA) is 114 Å². The van der Waals surface area contributed by atoms with Gasteiger partial charge in [-0.2, -0.15) is 10.3 Å². The van der Waals surface area contributed by atoms with Crippen molar-refractivity contribution in [2.24, 2.45) is 0 Å². The summed E-state index contributed by atoms with van der Waals surface area (Å²) >= 11 is 6.14. The molecule has 0 spiro atoms. The molecular weight excluding hydrogens is 284 g/mol. The van der Waals surface area contributed by atoms with E-state index < -0.39 is 5.91 Å². The van der Waals surface area contributed by atoms with Crippen LogP contribution in [0.5, 0.6) is 0 Å². The molecule has 100 valence electrons. The zero-order valence-corrected chi connectivity index (χ0v) is 10.6. The first-order valence-corrected chi connectivity index (χ1v) is 5.82. The molecule has 9 nitrogen and oxygen atoms in total. The van der Waals surface area contributed by atoms with Crippen molar-refractivity contribution >= 4 is 23.2 Å². The summed E-state index contributed by atoms with van der Waals surface area (Å²) in [5, 5.41) is 19.8. The van der Waals surface area contributed by atoms with Crippen LogP contribution in [0.4, 0.5) is 5.69 Å². The van der Waals surface area contributed by atoms with Crippen molar-refractivity contribution in [3.63, 3.8) is 0 Å². The maximum Gasteiger partial charge on any atom is 0.297 e. The van der Waals surface area contributed by atoms with E-state index in [1.54, 1.807) is 18.2 Å². The number of hydrogen-bond donors (Lipinski definition) is 2. The summed E-state index contributed by atoms with van der Waals surface area (Å²) in [6.07, 6.45) is 2.85. The number of nitrogens with one attached hydrogen (secondary N) is 2. The summed E-state index contributed by atoms with van der Waals surface area (Å²) in [5.74, 6) is -0.586. The number of nitrogens with zero attached hydrogens (tertiary/aromatic N) is 6. The number of aromatic nitrogens is 7. The Morgan fingerprint density at radius 2 is 2.30 bits per heavy atom. The Balaban J connectivity index is 1.98. The summed E-state index contributed by atoms with van der Waals surface area (Å²) in [6, 6.07) is 5.07. The van der Waals surface area contributed by atoms with Crippen molar-refractivity contribution in [1.82, 2.24) is 35.4 Å².